The molecule has 0 fully saturated rings. The first-order valence-corrected chi connectivity index (χ1v) is 7.34. The van der Waals surface area contributed by atoms with E-state index in [2.05, 4.69) is 10.2 Å². The van der Waals surface area contributed by atoms with Gasteiger partial charge >= 0.3 is 5.63 Å². The predicted molar refractivity (Wildman–Crippen MR) is 82.2 cm³/mol. The number of thioether (sulfide) groups is 1. The molecule has 0 atom stereocenters. The van der Waals surface area contributed by atoms with Crippen molar-refractivity contribution < 1.29 is 4.42 Å². The summed E-state index contributed by atoms with van der Waals surface area (Å²) in [5, 5.41) is 9.45. The second-order valence-corrected chi connectivity index (χ2v) is 5.72. The summed E-state index contributed by atoms with van der Waals surface area (Å²) >= 11 is 1.48. The first-order chi connectivity index (χ1) is 10.0. The monoisotopic (exact) mass is 302 g/mol. The molecule has 108 valence electrons. The van der Waals surface area contributed by atoms with Crippen LogP contribution in [0.25, 0.3) is 11.0 Å². The molecule has 0 aliphatic carbocycles. The van der Waals surface area contributed by atoms with Gasteiger partial charge in [-0.1, -0.05) is 23.9 Å². The molecule has 21 heavy (non-hydrogen) atoms. The summed E-state index contributed by atoms with van der Waals surface area (Å²) in [6.45, 7) is 1.96. The van der Waals surface area contributed by atoms with Gasteiger partial charge in [0.05, 0.1) is 0 Å². The van der Waals surface area contributed by atoms with Crippen molar-refractivity contribution >= 4 is 28.7 Å². The Bertz CT molecular complexity index is 869. The third-order valence-electron chi connectivity index (χ3n) is 3.21. The second-order valence-electron chi connectivity index (χ2n) is 4.78. The van der Waals surface area contributed by atoms with Crippen molar-refractivity contribution in [3.05, 3.63) is 45.8 Å². The Morgan fingerprint density at radius 3 is 2.86 bits per heavy atom. The van der Waals surface area contributed by atoms with E-state index in [0.717, 1.165) is 16.5 Å². The van der Waals surface area contributed by atoms with E-state index >= 15 is 0 Å². The maximum absolute atomic E-state index is 11.7. The number of anilines is 1. The van der Waals surface area contributed by atoms with Crippen LogP contribution in [0.5, 0.6) is 0 Å². The molecule has 0 aliphatic heterocycles. The minimum atomic E-state index is -0.346. The smallest absolute Gasteiger partial charge is 0.336 e. The molecule has 6 nitrogen and oxygen atoms in total. The molecule has 0 bridgehead atoms. The molecule has 0 radical (unpaired) electrons. The van der Waals surface area contributed by atoms with Gasteiger partial charge in [-0.25, -0.2) is 4.79 Å². The summed E-state index contributed by atoms with van der Waals surface area (Å²) in [4.78, 5) is 11.7. The number of nitrogens with two attached hydrogens (primary N) is 1. The Kier molecular flexibility index (Phi) is 3.42. The van der Waals surface area contributed by atoms with E-state index in [4.69, 9.17) is 10.2 Å². The zero-order chi connectivity index (χ0) is 15.0. The summed E-state index contributed by atoms with van der Waals surface area (Å²) in [6.07, 6.45) is 0. The Labute approximate surface area is 125 Å². The molecule has 0 saturated heterocycles. The van der Waals surface area contributed by atoms with Crippen LogP contribution in [0.15, 0.2) is 38.6 Å². The quantitative estimate of drug-likeness (QED) is 0.589. The molecule has 3 rings (SSSR count). The summed E-state index contributed by atoms with van der Waals surface area (Å²) in [5.74, 6) is 0.961. The van der Waals surface area contributed by atoms with Gasteiger partial charge in [0.2, 0.25) is 5.95 Å². The molecule has 0 aliphatic rings. The SMILES string of the molecule is Cc1ccc2c(CSc3nnc(N)n3C)cc(=O)oc2c1. The number of nitrogen functional groups attached to an aromatic ring is 1. The highest BCUT2D eigenvalue weighted by atomic mass is 32.2. The number of aromatic nitrogens is 3. The number of rotatable bonds is 3. The fraction of sp³-hybridized carbons (Fsp3) is 0.214. The summed E-state index contributed by atoms with van der Waals surface area (Å²) in [7, 11) is 1.80. The Balaban J connectivity index is 1.97. The molecule has 0 spiro atoms. The van der Waals surface area contributed by atoms with Gasteiger partial charge in [0.15, 0.2) is 5.16 Å². The second kappa shape index (κ2) is 5.25. The predicted octanol–water partition coefficient (Wildman–Crippen LogP) is 2.10. The lowest BCUT2D eigenvalue weighted by Crippen LogP contribution is -2.01. The van der Waals surface area contributed by atoms with E-state index in [1.807, 2.05) is 25.1 Å². The standard InChI is InChI=1S/C14H14N4O2S/c1-8-3-4-10-9(6-12(19)20-11(10)5-8)7-21-14-17-16-13(15)18(14)2/h3-6H,7H2,1-2H3,(H2,15,16). The van der Waals surface area contributed by atoms with Gasteiger partial charge in [-0.2, -0.15) is 0 Å². The molecule has 1 aromatic carbocycles. The van der Waals surface area contributed by atoms with Crippen molar-refractivity contribution in [3.8, 4) is 0 Å². The highest BCUT2D eigenvalue weighted by molar-refractivity contribution is 7.98. The van der Waals surface area contributed by atoms with Crippen LogP contribution in [-0.4, -0.2) is 14.8 Å². The lowest BCUT2D eigenvalue weighted by Gasteiger charge is -2.05. The van der Waals surface area contributed by atoms with Crippen LogP contribution in [0.2, 0.25) is 0 Å². The number of nitrogens with zero attached hydrogens (tertiary/aromatic N) is 3. The van der Waals surface area contributed by atoms with E-state index in [1.54, 1.807) is 11.6 Å². The fourth-order valence-electron chi connectivity index (χ4n) is 2.05. The van der Waals surface area contributed by atoms with Crippen molar-refractivity contribution in [2.45, 2.75) is 17.8 Å². The van der Waals surface area contributed by atoms with Crippen LogP contribution in [0.3, 0.4) is 0 Å². The van der Waals surface area contributed by atoms with Gasteiger partial charge in [0.1, 0.15) is 5.58 Å². The van der Waals surface area contributed by atoms with Gasteiger partial charge in [0, 0.05) is 24.3 Å². The maximum Gasteiger partial charge on any atom is 0.336 e. The molecule has 7 heteroatoms. The molecule has 0 unspecified atom stereocenters. The van der Waals surface area contributed by atoms with Gasteiger partial charge in [-0.15, -0.1) is 10.2 Å². The van der Waals surface area contributed by atoms with Gasteiger partial charge in [-0.05, 0) is 24.1 Å². The zero-order valence-corrected chi connectivity index (χ0v) is 12.5. The third-order valence-corrected chi connectivity index (χ3v) is 4.28. The first-order valence-electron chi connectivity index (χ1n) is 6.35. The van der Waals surface area contributed by atoms with Gasteiger partial charge < -0.3 is 10.2 Å². The molecule has 2 heterocycles. The summed E-state index contributed by atoms with van der Waals surface area (Å²) in [6, 6.07) is 7.35. The van der Waals surface area contributed by atoms with Crippen LogP contribution < -0.4 is 11.4 Å². The first kappa shape index (κ1) is 13.7. The van der Waals surface area contributed by atoms with E-state index in [9.17, 15) is 4.79 Å². The highest BCUT2D eigenvalue weighted by Crippen LogP contribution is 2.26. The van der Waals surface area contributed by atoms with Crippen molar-refractivity contribution in [1.82, 2.24) is 14.8 Å². The number of fused-ring (bicyclic) bond motifs is 1. The largest absolute Gasteiger partial charge is 0.423 e. The van der Waals surface area contributed by atoms with E-state index in [0.29, 0.717) is 22.4 Å². The van der Waals surface area contributed by atoms with Crippen LogP contribution in [0.4, 0.5) is 5.95 Å². The summed E-state index contributed by atoms with van der Waals surface area (Å²) in [5.41, 5.74) is 7.88. The van der Waals surface area contributed by atoms with Crippen LogP contribution in [-0.2, 0) is 12.8 Å². The van der Waals surface area contributed by atoms with Crippen molar-refractivity contribution in [3.63, 3.8) is 0 Å². The van der Waals surface area contributed by atoms with E-state index < -0.39 is 0 Å². The number of aryl methyl sites for hydroxylation is 1. The molecule has 0 saturated carbocycles. The molecular formula is C14H14N4O2S. The van der Waals surface area contributed by atoms with Crippen LogP contribution in [0.1, 0.15) is 11.1 Å². The topological polar surface area (TPSA) is 86.9 Å². The summed E-state index contributed by atoms with van der Waals surface area (Å²) < 4.78 is 6.96. The number of hydrogen-bond donors (Lipinski definition) is 1. The Morgan fingerprint density at radius 1 is 1.33 bits per heavy atom. The van der Waals surface area contributed by atoms with Crippen molar-refractivity contribution in [2.75, 3.05) is 5.73 Å². The zero-order valence-electron chi connectivity index (χ0n) is 11.7. The van der Waals surface area contributed by atoms with Crippen molar-refractivity contribution in [2.24, 2.45) is 7.05 Å². The lowest BCUT2D eigenvalue weighted by atomic mass is 10.1. The van der Waals surface area contributed by atoms with Gasteiger partial charge in [-0.3, -0.25) is 4.57 Å². The Hall–Kier alpha value is -2.28. The average Bonchev–Trinajstić information content (AvgIpc) is 2.75. The van der Waals surface area contributed by atoms with Crippen molar-refractivity contribution in [1.29, 1.82) is 0 Å². The minimum Gasteiger partial charge on any atom is -0.423 e. The molecule has 2 N–H and O–H groups in total. The molecule has 2 aromatic heterocycles. The number of benzene rings is 1. The van der Waals surface area contributed by atoms with Crippen LogP contribution in [0, 0.1) is 6.92 Å². The van der Waals surface area contributed by atoms with Gasteiger partial charge in [0.25, 0.3) is 0 Å². The normalized spacial score (nSPS) is 11.1. The molecular weight excluding hydrogens is 288 g/mol. The number of hydrogen-bond acceptors (Lipinski definition) is 6. The minimum absolute atomic E-state index is 0.346. The fourth-order valence-corrected chi connectivity index (χ4v) is 2.96. The molecule has 0 amide bonds. The third kappa shape index (κ3) is 2.64. The van der Waals surface area contributed by atoms with E-state index in [-0.39, 0.29) is 5.63 Å². The van der Waals surface area contributed by atoms with Crippen LogP contribution >= 0.6 is 11.8 Å². The average molecular weight is 302 g/mol. The lowest BCUT2D eigenvalue weighted by molar-refractivity contribution is 0.559. The highest BCUT2D eigenvalue weighted by Gasteiger charge is 2.10. The maximum atomic E-state index is 11.7. The molecule has 3 aromatic rings. The Morgan fingerprint density at radius 2 is 2.14 bits per heavy atom. The van der Waals surface area contributed by atoms with E-state index in [1.165, 1.54) is 17.8 Å².